The Morgan fingerprint density at radius 2 is 1.82 bits per heavy atom. The summed E-state index contributed by atoms with van der Waals surface area (Å²) in [5.41, 5.74) is 1.85. The molecule has 174 valence electrons. The van der Waals surface area contributed by atoms with Crippen molar-refractivity contribution in [2.45, 2.75) is 13.3 Å². The summed E-state index contributed by atoms with van der Waals surface area (Å²) < 4.78 is 11.1. The maximum absolute atomic E-state index is 12.8. The van der Waals surface area contributed by atoms with E-state index in [1.165, 1.54) is 30.2 Å². The highest BCUT2D eigenvalue weighted by molar-refractivity contribution is 6.04. The molecule has 0 saturated carbocycles. The third-order valence-corrected chi connectivity index (χ3v) is 5.60. The molecule has 0 spiro atoms. The molecule has 2 amide bonds. The Balaban J connectivity index is 1.41. The number of rotatable bonds is 7. The highest BCUT2D eigenvalue weighted by Gasteiger charge is 2.36. The predicted octanol–water partition coefficient (Wildman–Crippen LogP) is 4.70. The van der Waals surface area contributed by atoms with Crippen molar-refractivity contribution < 1.29 is 24.0 Å². The van der Waals surface area contributed by atoms with Crippen molar-refractivity contribution in [2.24, 2.45) is 5.92 Å². The average molecular weight is 461 g/mol. The largest absolute Gasteiger partial charge is 0.494 e. The minimum absolute atomic E-state index is 0.0282. The number of hydrogen-bond acceptors (Lipinski definition) is 6. The number of hydrogen-bond donors (Lipinski definition) is 1. The molecule has 1 N–H and O–H groups in total. The van der Waals surface area contributed by atoms with Crippen LogP contribution in [0.5, 0.6) is 17.2 Å². The number of carbonyl (C=O) groups is 2. The molecule has 0 bridgehead atoms. The number of aryl methyl sites for hydroxylation is 1. The molecule has 0 unspecified atom stereocenters. The molecule has 3 aromatic carbocycles. The normalized spacial score (nSPS) is 15.2. The predicted molar refractivity (Wildman–Crippen MR) is 126 cm³/mol. The molecule has 1 atom stereocenters. The van der Waals surface area contributed by atoms with Gasteiger partial charge in [-0.3, -0.25) is 19.7 Å². The number of nitro benzene ring substituents is 1. The van der Waals surface area contributed by atoms with Crippen LogP contribution in [0.1, 0.15) is 12.0 Å². The molecule has 1 heterocycles. The van der Waals surface area contributed by atoms with Gasteiger partial charge in [-0.25, -0.2) is 0 Å². The van der Waals surface area contributed by atoms with Gasteiger partial charge in [0, 0.05) is 24.7 Å². The minimum Gasteiger partial charge on any atom is -0.494 e. The molecule has 9 nitrogen and oxygen atoms in total. The van der Waals surface area contributed by atoms with Gasteiger partial charge in [-0.1, -0.05) is 18.2 Å². The van der Waals surface area contributed by atoms with Crippen LogP contribution < -0.4 is 19.7 Å². The molecule has 4 rings (SSSR count). The lowest BCUT2D eigenvalue weighted by atomic mass is 10.1. The van der Waals surface area contributed by atoms with E-state index in [0.29, 0.717) is 17.1 Å². The second-order valence-corrected chi connectivity index (χ2v) is 7.90. The minimum atomic E-state index is -0.574. The van der Waals surface area contributed by atoms with Crippen LogP contribution in [0.2, 0.25) is 0 Å². The van der Waals surface area contributed by atoms with Gasteiger partial charge in [0.15, 0.2) is 0 Å². The van der Waals surface area contributed by atoms with Crippen molar-refractivity contribution in [3.05, 3.63) is 82.4 Å². The van der Waals surface area contributed by atoms with Crippen molar-refractivity contribution in [1.82, 2.24) is 0 Å². The van der Waals surface area contributed by atoms with E-state index in [1.807, 2.05) is 31.2 Å². The quantitative estimate of drug-likeness (QED) is 0.403. The molecule has 1 aliphatic heterocycles. The summed E-state index contributed by atoms with van der Waals surface area (Å²) >= 11 is 0. The Kier molecular flexibility index (Phi) is 6.44. The molecular weight excluding hydrogens is 438 g/mol. The Bertz CT molecular complexity index is 1240. The third kappa shape index (κ3) is 4.83. The van der Waals surface area contributed by atoms with Crippen LogP contribution in [0, 0.1) is 23.0 Å². The number of nitrogens with one attached hydrogen (secondary N) is 1. The standard InChI is InChI=1S/C25H23N3O6/c1-16-5-3-4-6-22(16)34-20-10-7-18(8-11-20)26-25(30)17-13-24(29)27(15-17)21-12-9-19(28(31)32)14-23(21)33-2/h3-12,14,17H,13,15H2,1-2H3,(H,26,30)/t17-/m1/s1. The maximum atomic E-state index is 12.8. The molecule has 0 aromatic heterocycles. The van der Waals surface area contributed by atoms with E-state index in [9.17, 15) is 19.7 Å². The third-order valence-electron chi connectivity index (χ3n) is 5.60. The number of non-ortho nitro benzene ring substituents is 1. The summed E-state index contributed by atoms with van der Waals surface area (Å²) in [6.07, 6.45) is 0.0282. The molecule has 3 aromatic rings. The Morgan fingerprint density at radius 1 is 1.09 bits per heavy atom. The Morgan fingerprint density at radius 3 is 2.50 bits per heavy atom. The van der Waals surface area contributed by atoms with E-state index >= 15 is 0 Å². The van der Waals surface area contributed by atoms with Gasteiger partial charge >= 0.3 is 0 Å². The zero-order chi connectivity index (χ0) is 24.2. The first kappa shape index (κ1) is 22.8. The highest BCUT2D eigenvalue weighted by atomic mass is 16.6. The van der Waals surface area contributed by atoms with Crippen LogP contribution in [0.4, 0.5) is 17.1 Å². The summed E-state index contributed by atoms with van der Waals surface area (Å²) in [5, 5.41) is 13.9. The van der Waals surface area contributed by atoms with E-state index in [2.05, 4.69) is 5.32 Å². The van der Waals surface area contributed by atoms with Crippen LogP contribution in [0.25, 0.3) is 0 Å². The number of benzene rings is 3. The average Bonchev–Trinajstić information content (AvgIpc) is 3.22. The number of nitro groups is 1. The first-order chi connectivity index (χ1) is 16.4. The fourth-order valence-corrected chi connectivity index (χ4v) is 3.77. The van der Waals surface area contributed by atoms with Crippen molar-refractivity contribution in [1.29, 1.82) is 0 Å². The van der Waals surface area contributed by atoms with Gasteiger partial charge < -0.3 is 19.7 Å². The van der Waals surface area contributed by atoms with Crippen molar-refractivity contribution in [3.8, 4) is 17.2 Å². The van der Waals surface area contributed by atoms with Crippen LogP contribution in [-0.4, -0.2) is 30.4 Å². The number of anilines is 2. The first-order valence-corrected chi connectivity index (χ1v) is 10.6. The van der Waals surface area contributed by atoms with Crippen LogP contribution in [-0.2, 0) is 9.59 Å². The monoisotopic (exact) mass is 461 g/mol. The van der Waals surface area contributed by atoms with E-state index in [4.69, 9.17) is 9.47 Å². The van der Waals surface area contributed by atoms with E-state index in [-0.39, 0.29) is 36.2 Å². The molecule has 1 fully saturated rings. The van der Waals surface area contributed by atoms with Crippen molar-refractivity contribution >= 4 is 28.9 Å². The van der Waals surface area contributed by atoms with Crippen LogP contribution in [0.15, 0.2) is 66.7 Å². The fraction of sp³-hybridized carbons (Fsp3) is 0.200. The summed E-state index contributed by atoms with van der Waals surface area (Å²) in [6, 6.07) is 18.7. The van der Waals surface area contributed by atoms with Crippen molar-refractivity contribution in [3.63, 3.8) is 0 Å². The van der Waals surface area contributed by atoms with Crippen LogP contribution >= 0.6 is 0 Å². The van der Waals surface area contributed by atoms with E-state index in [1.54, 1.807) is 24.3 Å². The topological polar surface area (TPSA) is 111 Å². The van der Waals surface area contributed by atoms with Gasteiger partial charge in [-0.15, -0.1) is 0 Å². The SMILES string of the molecule is COc1cc([N+](=O)[O-])ccc1N1C[C@H](C(=O)Nc2ccc(Oc3ccccc3C)cc2)CC1=O. The number of amides is 2. The summed E-state index contributed by atoms with van der Waals surface area (Å²) in [6.45, 7) is 2.11. The highest BCUT2D eigenvalue weighted by Crippen LogP contribution is 2.36. The van der Waals surface area contributed by atoms with Gasteiger partial charge in [-0.2, -0.15) is 0 Å². The Hall–Kier alpha value is -4.40. The lowest BCUT2D eigenvalue weighted by Gasteiger charge is -2.19. The lowest BCUT2D eigenvalue weighted by molar-refractivity contribution is -0.384. The first-order valence-electron chi connectivity index (χ1n) is 10.6. The number of ether oxygens (including phenoxy) is 2. The molecule has 0 aliphatic carbocycles. The van der Waals surface area contributed by atoms with E-state index in [0.717, 1.165) is 11.3 Å². The van der Waals surface area contributed by atoms with Crippen LogP contribution in [0.3, 0.4) is 0 Å². The summed E-state index contributed by atoms with van der Waals surface area (Å²) in [7, 11) is 1.37. The second kappa shape index (κ2) is 9.62. The second-order valence-electron chi connectivity index (χ2n) is 7.90. The lowest BCUT2D eigenvalue weighted by Crippen LogP contribution is -2.28. The Labute approximate surface area is 196 Å². The molecule has 9 heteroatoms. The molecule has 1 aliphatic rings. The zero-order valence-corrected chi connectivity index (χ0v) is 18.7. The van der Waals surface area contributed by atoms with Crippen molar-refractivity contribution in [2.75, 3.05) is 23.9 Å². The van der Waals surface area contributed by atoms with Gasteiger partial charge in [0.25, 0.3) is 5.69 Å². The molecule has 34 heavy (non-hydrogen) atoms. The maximum Gasteiger partial charge on any atom is 0.273 e. The number of nitrogens with zero attached hydrogens (tertiary/aromatic N) is 2. The van der Waals surface area contributed by atoms with Gasteiger partial charge in [0.05, 0.1) is 29.7 Å². The van der Waals surface area contributed by atoms with Gasteiger partial charge in [0.1, 0.15) is 17.2 Å². The van der Waals surface area contributed by atoms with Gasteiger partial charge in [-0.05, 0) is 48.9 Å². The number of para-hydroxylation sites is 1. The molecule has 1 saturated heterocycles. The fourth-order valence-electron chi connectivity index (χ4n) is 3.77. The zero-order valence-electron chi connectivity index (χ0n) is 18.7. The number of methoxy groups -OCH3 is 1. The van der Waals surface area contributed by atoms with E-state index < -0.39 is 10.8 Å². The summed E-state index contributed by atoms with van der Waals surface area (Å²) in [5.74, 6) is 0.479. The molecular formula is C25H23N3O6. The smallest absolute Gasteiger partial charge is 0.273 e. The number of carbonyl (C=O) groups excluding carboxylic acids is 2. The summed E-state index contributed by atoms with van der Waals surface area (Å²) in [4.78, 5) is 37.3. The molecule has 0 radical (unpaired) electrons. The van der Waals surface area contributed by atoms with Gasteiger partial charge in [0.2, 0.25) is 11.8 Å².